The zero-order valence-corrected chi connectivity index (χ0v) is 15.7. The predicted molar refractivity (Wildman–Crippen MR) is 96.2 cm³/mol. The average molecular weight is 367 g/mol. The number of methoxy groups -OCH3 is 2. The second-order valence-corrected chi connectivity index (χ2v) is 5.44. The largest absolute Gasteiger partial charge is 0.493 e. The van der Waals surface area contributed by atoms with Gasteiger partial charge in [-0.1, -0.05) is 24.3 Å². The van der Waals surface area contributed by atoms with Gasteiger partial charge in [-0.2, -0.15) is 0 Å². The molecule has 0 saturated heterocycles. The van der Waals surface area contributed by atoms with Gasteiger partial charge >= 0.3 is 13.1 Å². The fourth-order valence-corrected chi connectivity index (χ4v) is 2.29. The lowest BCUT2D eigenvalue weighted by Gasteiger charge is -2.17. The van der Waals surface area contributed by atoms with Gasteiger partial charge in [-0.15, -0.1) is 0 Å². The highest BCUT2D eigenvalue weighted by molar-refractivity contribution is 6.61. The summed E-state index contributed by atoms with van der Waals surface area (Å²) in [5.41, 5.74) is 1.71. The summed E-state index contributed by atoms with van der Waals surface area (Å²) in [7, 11) is 5.48. The fourth-order valence-electron chi connectivity index (χ4n) is 2.29. The maximum absolute atomic E-state index is 12.0. The van der Waals surface area contributed by atoms with Crippen LogP contribution in [0.15, 0.2) is 24.3 Å². The maximum Gasteiger partial charge on any atom is 0.493 e. The highest BCUT2D eigenvalue weighted by atomic mass is 16.6. The van der Waals surface area contributed by atoms with Crippen LogP contribution in [0.1, 0.15) is 5.56 Å². The molecule has 0 fully saturated rings. The molecule has 0 aliphatic rings. The average Bonchev–Trinajstić information content (AvgIpc) is 2.66. The number of hydrogen-bond donors (Lipinski definition) is 1. The first-order valence-corrected chi connectivity index (χ1v) is 8.14. The first-order valence-electron chi connectivity index (χ1n) is 8.14. The van der Waals surface area contributed by atoms with Crippen molar-refractivity contribution in [3.63, 3.8) is 0 Å². The fraction of sp³-hybridized carbons (Fsp3) is 0.529. The van der Waals surface area contributed by atoms with E-state index in [4.69, 9.17) is 23.5 Å². The Morgan fingerprint density at radius 3 is 2.23 bits per heavy atom. The van der Waals surface area contributed by atoms with Crippen molar-refractivity contribution < 1.29 is 33.1 Å². The number of benzene rings is 1. The lowest BCUT2D eigenvalue weighted by Crippen LogP contribution is -2.44. The SMILES string of the molecule is COCCOCC(=O)N[C@H](Cc1ccc(B(OC)OC)cc1)C(=O)OC. The Kier molecular flexibility index (Phi) is 10.6. The van der Waals surface area contributed by atoms with Crippen LogP contribution in [0.2, 0.25) is 0 Å². The minimum absolute atomic E-state index is 0.154. The van der Waals surface area contributed by atoms with E-state index >= 15 is 0 Å². The summed E-state index contributed by atoms with van der Waals surface area (Å²) < 4.78 is 25.1. The van der Waals surface area contributed by atoms with E-state index in [-0.39, 0.29) is 6.61 Å². The summed E-state index contributed by atoms with van der Waals surface area (Å²) in [6.45, 7) is 0.539. The van der Waals surface area contributed by atoms with Crippen LogP contribution in [0.4, 0.5) is 0 Å². The van der Waals surface area contributed by atoms with Crippen LogP contribution >= 0.6 is 0 Å². The summed E-state index contributed by atoms with van der Waals surface area (Å²) in [5.74, 6) is -0.919. The second-order valence-electron chi connectivity index (χ2n) is 5.44. The molecule has 0 aliphatic heterocycles. The predicted octanol–water partition coefficient (Wildman–Crippen LogP) is -0.462. The molecule has 0 bridgehead atoms. The molecule has 0 heterocycles. The van der Waals surface area contributed by atoms with Gasteiger partial charge in [0.25, 0.3) is 0 Å². The number of carbonyl (C=O) groups is 2. The quantitative estimate of drug-likeness (QED) is 0.304. The van der Waals surface area contributed by atoms with Crippen LogP contribution in [0, 0.1) is 0 Å². The van der Waals surface area contributed by atoms with Crippen molar-refractivity contribution in [1.29, 1.82) is 0 Å². The summed E-state index contributed by atoms with van der Waals surface area (Å²) >= 11 is 0. The third-order valence-electron chi connectivity index (χ3n) is 3.61. The van der Waals surface area contributed by atoms with E-state index in [1.165, 1.54) is 7.11 Å². The molecular weight excluding hydrogens is 341 g/mol. The van der Waals surface area contributed by atoms with Crippen molar-refractivity contribution in [2.75, 3.05) is 48.3 Å². The Hall–Kier alpha value is -1.94. The maximum atomic E-state index is 12.0. The number of carbonyl (C=O) groups excluding carboxylic acids is 2. The van der Waals surface area contributed by atoms with Gasteiger partial charge in [0, 0.05) is 27.8 Å². The molecule has 1 N–H and O–H groups in total. The molecule has 0 aliphatic carbocycles. The van der Waals surface area contributed by atoms with Gasteiger partial charge in [-0.25, -0.2) is 4.79 Å². The Morgan fingerprint density at radius 1 is 1.04 bits per heavy atom. The Bertz CT molecular complexity index is 549. The normalized spacial score (nSPS) is 11.7. The van der Waals surface area contributed by atoms with Gasteiger partial charge in [0.1, 0.15) is 12.6 Å². The smallest absolute Gasteiger partial charge is 0.467 e. The summed E-state index contributed by atoms with van der Waals surface area (Å²) in [5, 5.41) is 2.62. The van der Waals surface area contributed by atoms with Gasteiger partial charge < -0.3 is 28.8 Å². The summed E-state index contributed by atoms with van der Waals surface area (Å²) in [6, 6.07) is 6.58. The number of ether oxygens (including phenoxy) is 3. The van der Waals surface area contributed by atoms with E-state index in [0.717, 1.165) is 11.0 Å². The van der Waals surface area contributed by atoms with E-state index < -0.39 is 25.0 Å². The number of hydrogen-bond acceptors (Lipinski definition) is 7. The van der Waals surface area contributed by atoms with Crippen LogP contribution in [0.3, 0.4) is 0 Å². The van der Waals surface area contributed by atoms with Crippen LogP contribution in [-0.4, -0.2) is 73.3 Å². The van der Waals surface area contributed by atoms with Crippen molar-refractivity contribution in [1.82, 2.24) is 5.32 Å². The van der Waals surface area contributed by atoms with Crippen LogP contribution in [0.25, 0.3) is 0 Å². The van der Waals surface area contributed by atoms with Gasteiger partial charge in [-0.3, -0.25) is 4.79 Å². The molecule has 9 heteroatoms. The highest BCUT2D eigenvalue weighted by Gasteiger charge is 2.23. The molecule has 1 amide bonds. The molecule has 0 unspecified atom stereocenters. The molecule has 0 aromatic heterocycles. The number of esters is 1. The summed E-state index contributed by atoms with van der Waals surface area (Å²) in [4.78, 5) is 23.9. The van der Waals surface area contributed by atoms with Crippen molar-refractivity contribution in [2.24, 2.45) is 0 Å². The standard InChI is InChI=1S/C17H26BNO7/c1-22-9-10-26-12-16(20)19-15(17(21)23-2)11-13-5-7-14(8-6-13)18(24-3)25-4/h5-8,15H,9-12H2,1-4H3,(H,19,20)/t15-/m1/s1. The first kappa shape index (κ1) is 22.1. The van der Waals surface area contributed by atoms with Crippen molar-refractivity contribution in [2.45, 2.75) is 12.5 Å². The molecule has 0 saturated carbocycles. The monoisotopic (exact) mass is 367 g/mol. The number of amides is 1. The number of nitrogens with one attached hydrogen (secondary N) is 1. The molecular formula is C17H26BNO7. The zero-order valence-electron chi connectivity index (χ0n) is 15.7. The van der Waals surface area contributed by atoms with E-state index in [9.17, 15) is 9.59 Å². The summed E-state index contributed by atoms with van der Waals surface area (Å²) in [6.07, 6.45) is 0.293. The highest BCUT2D eigenvalue weighted by Crippen LogP contribution is 2.05. The Balaban J connectivity index is 2.66. The zero-order chi connectivity index (χ0) is 19.4. The first-order chi connectivity index (χ1) is 12.5. The van der Waals surface area contributed by atoms with Gasteiger partial charge in [0.15, 0.2) is 0 Å². The third-order valence-corrected chi connectivity index (χ3v) is 3.61. The molecule has 8 nitrogen and oxygen atoms in total. The Labute approximate surface area is 154 Å². The Morgan fingerprint density at radius 2 is 1.69 bits per heavy atom. The second kappa shape index (κ2) is 12.4. The topological polar surface area (TPSA) is 92.3 Å². The van der Waals surface area contributed by atoms with Crippen molar-refractivity contribution in [3.8, 4) is 0 Å². The van der Waals surface area contributed by atoms with Crippen LogP contribution in [-0.2, 0) is 39.5 Å². The lowest BCUT2D eigenvalue weighted by molar-refractivity contribution is -0.145. The van der Waals surface area contributed by atoms with E-state index in [1.807, 2.05) is 24.3 Å². The van der Waals surface area contributed by atoms with Gasteiger partial charge in [0.05, 0.1) is 20.3 Å². The lowest BCUT2D eigenvalue weighted by atomic mass is 9.78. The molecule has 0 spiro atoms. The molecule has 0 radical (unpaired) electrons. The minimum Gasteiger partial charge on any atom is -0.467 e. The molecule has 1 rings (SSSR count). The molecule has 1 atom stereocenters. The molecule has 1 aromatic rings. The van der Waals surface area contributed by atoms with E-state index in [0.29, 0.717) is 19.6 Å². The van der Waals surface area contributed by atoms with Crippen molar-refractivity contribution in [3.05, 3.63) is 29.8 Å². The van der Waals surface area contributed by atoms with Gasteiger partial charge in [0.2, 0.25) is 5.91 Å². The molecule has 26 heavy (non-hydrogen) atoms. The van der Waals surface area contributed by atoms with E-state index in [1.54, 1.807) is 21.3 Å². The molecule has 144 valence electrons. The van der Waals surface area contributed by atoms with Crippen LogP contribution < -0.4 is 10.8 Å². The number of rotatable bonds is 12. The van der Waals surface area contributed by atoms with Gasteiger partial charge in [-0.05, 0) is 11.0 Å². The third kappa shape index (κ3) is 7.53. The minimum atomic E-state index is -0.801. The van der Waals surface area contributed by atoms with Crippen LogP contribution in [0.5, 0.6) is 0 Å². The van der Waals surface area contributed by atoms with E-state index in [2.05, 4.69) is 5.32 Å². The van der Waals surface area contributed by atoms with Crippen molar-refractivity contribution >= 4 is 24.5 Å². The molecule has 1 aromatic carbocycles.